The zero-order valence-corrected chi connectivity index (χ0v) is 12.9. The summed E-state index contributed by atoms with van der Waals surface area (Å²) in [5, 5.41) is 13.6. The molecule has 0 aliphatic heterocycles. The Kier molecular flexibility index (Phi) is 5.10. The van der Waals surface area contributed by atoms with E-state index in [1.165, 1.54) is 13.2 Å². The summed E-state index contributed by atoms with van der Waals surface area (Å²) in [6.07, 6.45) is 0. The maximum absolute atomic E-state index is 12.3. The van der Waals surface area contributed by atoms with Crippen molar-refractivity contribution in [2.45, 2.75) is 0 Å². The predicted octanol–water partition coefficient (Wildman–Crippen LogP) is 2.64. The van der Waals surface area contributed by atoms with Gasteiger partial charge in [0.05, 0.1) is 24.7 Å². The number of hydrogen-bond acceptors (Lipinski definition) is 6. The van der Waals surface area contributed by atoms with Gasteiger partial charge in [-0.1, -0.05) is 6.07 Å². The summed E-state index contributed by atoms with van der Waals surface area (Å²) >= 11 is 0. The van der Waals surface area contributed by atoms with Gasteiger partial charge in [-0.25, -0.2) is 4.79 Å². The van der Waals surface area contributed by atoms with Crippen molar-refractivity contribution in [3.05, 3.63) is 63.7 Å². The number of methoxy groups -OCH3 is 2. The third-order valence-corrected chi connectivity index (χ3v) is 3.14. The first kappa shape index (κ1) is 16.9. The third-order valence-electron chi connectivity index (χ3n) is 3.14. The summed E-state index contributed by atoms with van der Waals surface area (Å²) in [6.45, 7) is 0. The molecule has 1 N–H and O–H groups in total. The number of benzene rings is 2. The highest BCUT2D eigenvalue weighted by atomic mass is 16.6. The van der Waals surface area contributed by atoms with Crippen molar-refractivity contribution in [1.82, 2.24) is 0 Å². The Morgan fingerprint density at radius 3 is 2.42 bits per heavy atom. The maximum atomic E-state index is 12.3. The van der Waals surface area contributed by atoms with Gasteiger partial charge in [0.25, 0.3) is 11.6 Å². The molecule has 24 heavy (non-hydrogen) atoms. The molecule has 0 aromatic heterocycles. The fourth-order valence-corrected chi connectivity index (χ4v) is 1.99. The van der Waals surface area contributed by atoms with E-state index in [4.69, 9.17) is 4.74 Å². The second-order valence-corrected chi connectivity index (χ2v) is 4.70. The molecule has 1 amide bonds. The first-order valence-electron chi connectivity index (χ1n) is 6.78. The fourth-order valence-electron chi connectivity index (χ4n) is 1.99. The first-order valence-corrected chi connectivity index (χ1v) is 6.78. The molecule has 124 valence electrons. The lowest BCUT2D eigenvalue weighted by Gasteiger charge is -2.08. The molecule has 0 bridgehead atoms. The van der Waals surface area contributed by atoms with E-state index in [0.717, 1.165) is 19.2 Å². The second-order valence-electron chi connectivity index (χ2n) is 4.70. The van der Waals surface area contributed by atoms with Crippen molar-refractivity contribution in [3.8, 4) is 5.75 Å². The standard InChI is InChI=1S/C16H14N2O6/c1-23-14-5-3-4-12(9-14)17-15(19)10-6-11(16(20)24-2)8-13(7-10)18(21)22/h3-9H,1-2H3,(H,17,19). The van der Waals surface area contributed by atoms with E-state index in [0.29, 0.717) is 11.4 Å². The number of amides is 1. The number of non-ortho nitro benzene ring substituents is 1. The molecule has 0 fully saturated rings. The molecule has 0 saturated carbocycles. The number of ether oxygens (including phenoxy) is 2. The average Bonchev–Trinajstić information content (AvgIpc) is 2.60. The van der Waals surface area contributed by atoms with Crippen molar-refractivity contribution in [2.24, 2.45) is 0 Å². The maximum Gasteiger partial charge on any atom is 0.338 e. The van der Waals surface area contributed by atoms with Gasteiger partial charge in [0.2, 0.25) is 0 Å². The molecule has 0 aliphatic carbocycles. The molecule has 0 saturated heterocycles. The van der Waals surface area contributed by atoms with Crippen LogP contribution in [0.25, 0.3) is 0 Å². The quantitative estimate of drug-likeness (QED) is 0.513. The number of rotatable bonds is 5. The number of nitrogens with one attached hydrogen (secondary N) is 1. The lowest BCUT2D eigenvalue weighted by Crippen LogP contribution is -2.14. The van der Waals surface area contributed by atoms with Crippen LogP contribution in [-0.4, -0.2) is 31.0 Å². The Balaban J connectivity index is 2.35. The van der Waals surface area contributed by atoms with E-state index >= 15 is 0 Å². The summed E-state index contributed by atoms with van der Waals surface area (Å²) in [4.78, 5) is 34.2. The van der Waals surface area contributed by atoms with E-state index in [9.17, 15) is 19.7 Å². The van der Waals surface area contributed by atoms with Crippen molar-refractivity contribution in [3.63, 3.8) is 0 Å². The molecule has 0 radical (unpaired) electrons. The van der Waals surface area contributed by atoms with Gasteiger partial charge in [0, 0.05) is 29.4 Å². The highest BCUT2D eigenvalue weighted by Gasteiger charge is 2.18. The van der Waals surface area contributed by atoms with Crippen LogP contribution in [-0.2, 0) is 4.74 Å². The Bertz CT molecular complexity index is 803. The summed E-state index contributed by atoms with van der Waals surface area (Å²) in [6, 6.07) is 9.99. The van der Waals surface area contributed by atoms with E-state index < -0.39 is 16.8 Å². The summed E-state index contributed by atoms with van der Waals surface area (Å²) in [5.74, 6) is -0.826. The Morgan fingerprint density at radius 2 is 1.79 bits per heavy atom. The number of nitro benzene ring substituents is 1. The SMILES string of the molecule is COC(=O)c1cc(C(=O)Nc2cccc(OC)c2)cc([N+](=O)[O-])c1. The molecule has 2 aromatic carbocycles. The lowest BCUT2D eigenvalue weighted by molar-refractivity contribution is -0.384. The molecule has 0 aliphatic rings. The van der Waals surface area contributed by atoms with Gasteiger partial charge in [-0.15, -0.1) is 0 Å². The number of hydrogen-bond donors (Lipinski definition) is 1. The van der Waals surface area contributed by atoms with E-state index in [1.54, 1.807) is 24.3 Å². The van der Waals surface area contributed by atoms with Crippen LogP contribution in [0.2, 0.25) is 0 Å². The number of carbonyl (C=O) groups excluding carboxylic acids is 2. The van der Waals surface area contributed by atoms with E-state index in [1.807, 2.05) is 0 Å². The van der Waals surface area contributed by atoms with Crippen LogP contribution in [0.15, 0.2) is 42.5 Å². The summed E-state index contributed by atoms with van der Waals surface area (Å²) in [5.41, 5.74) is -0.0471. The largest absolute Gasteiger partial charge is 0.497 e. The summed E-state index contributed by atoms with van der Waals surface area (Å²) in [7, 11) is 2.64. The zero-order valence-electron chi connectivity index (χ0n) is 12.9. The smallest absolute Gasteiger partial charge is 0.338 e. The number of carbonyl (C=O) groups is 2. The van der Waals surface area contributed by atoms with Crippen LogP contribution in [0.4, 0.5) is 11.4 Å². The minimum absolute atomic E-state index is 0.0348. The van der Waals surface area contributed by atoms with Gasteiger partial charge in [-0.2, -0.15) is 0 Å². The van der Waals surface area contributed by atoms with Crippen molar-refractivity contribution in [2.75, 3.05) is 19.5 Å². The van der Waals surface area contributed by atoms with Crippen LogP contribution >= 0.6 is 0 Å². The van der Waals surface area contributed by atoms with E-state index in [2.05, 4.69) is 10.1 Å². The Labute approximate surface area is 137 Å². The van der Waals surface area contributed by atoms with Gasteiger partial charge in [0.15, 0.2) is 0 Å². The molecule has 2 rings (SSSR count). The lowest BCUT2D eigenvalue weighted by atomic mass is 10.1. The molecular weight excluding hydrogens is 316 g/mol. The fraction of sp³-hybridized carbons (Fsp3) is 0.125. The monoisotopic (exact) mass is 330 g/mol. The molecule has 0 atom stereocenters. The molecule has 2 aromatic rings. The number of nitro groups is 1. The minimum Gasteiger partial charge on any atom is -0.497 e. The highest BCUT2D eigenvalue weighted by Crippen LogP contribution is 2.21. The molecule has 0 unspecified atom stereocenters. The number of nitrogens with zero attached hydrogens (tertiary/aromatic N) is 1. The van der Waals surface area contributed by atoms with Crippen LogP contribution in [0, 0.1) is 10.1 Å². The number of anilines is 1. The van der Waals surface area contributed by atoms with Gasteiger partial charge < -0.3 is 14.8 Å². The van der Waals surface area contributed by atoms with Gasteiger partial charge in [0.1, 0.15) is 5.75 Å². The summed E-state index contributed by atoms with van der Waals surface area (Å²) < 4.78 is 9.60. The normalized spacial score (nSPS) is 9.92. The van der Waals surface area contributed by atoms with E-state index in [-0.39, 0.29) is 16.8 Å². The van der Waals surface area contributed by atoms with Crippen molar-refractivity contribution >= 4 is 23.3 Å². The molecule has 8 nitrogen and oxygen atoms in total. The zero-order chi connectivity index (χ0) is 17.7. The number of esters is 1. The van der Waals surface area contributed by atoms with Crippen LogP contribution < -0.4 is 10.1 Å². The second kappa shape index (κ2) is 7.23. The minimum atomic E-state index is -0.769. The average molecular weight is 330 g/mol. The van der Waals surface area contributed by atoms with Crippen LogP contribution in [0.1, 0.15) is 20.7 Å². The molecular formula is C16H14N2O6. The van der Waals surface area contributed by atoms with Gasteiger partial charge >= 0.3 is 5.97 Å². The Morgan fingerprint density at radius 1 is 1.08 bits per heavy atom. The third kappa shape index (κ3) is 3.86. The van der Waals surface area contributed by atoms with Gasteiger partial charge in [-0.05, 0) is 18.2 Å². The van der Waals surface area contributed by atoms with Crippen LogP contribution in [0.5, 0.6) is 5.75 Å². The first-order chi connectivity index (χ1) is 11.4. The highest BCUT2D eigenvalue weighted by molar-refractivity contribution is 6.06. The topological polar surface area (TPSA) is 108 Å². The van der Waals surface area contributed by atoms with Crippen LogP contribution in [0.3, 0.4) is 0 Å². The van der Waals surface area contributed by atoms with Gasteiger partial charge in [-0.3, -0.25) is 14.9 Å². The van der Waals surface area contributed by atoms with Crippen molar-refractivity contribution < 1.29 is 24.0 Å². The van der Waals surface area contributed by atoms with Crippen molar-refractivity contribution in [1.29, 1.82) is 0 Å². The Hall–Kier alpha value is -3.42. The predicted molar refractivity (Wildman–Crippen MR) is 85.4 cm³/mol. The molecule has 0 spiro atoms. The molecule has 0 heterocycles. The molecule has 8 heteroatoms.